The van der Waals surface area contributed by atoms with Crippen LogP contribution in [0.5, 0.6) is 0 Å². The molecular weight excluding hydrogens is 292 g/mol. The van der Waals surface area contributed by atoms with E-state index >= 15 is 0 Å². The highest BCUT2D eigenvalue weighted by atomic mass is 35.5. The topological polar surface area (TPSA) is 37.8 Å². The highest BCUT2D eigenvalue weighted by molar-refractivity contribution is 6.34. The lowest BCUT2D eigenvalue weighted by molar-refractivity contribution is -0.138. The van der Waals surface area contributed by atoms with E-state index in [-0.39, 0.29) is 15.7 Å². The Kier molecular flexibility index (Phi) is 3.16. The van der Waals surface area contributed by atoms with E-state index in [1.165, 1.54) is 18.2 Å². The number of nitrogens with zero attached hydrogens (tertiary/aromatic N) is 1. The van der Waals surface area contributed by atoms with Gasteiger partial charge in [0, 0.05) is 11.2 Å². The Morgan fingerprint density at radius 3 is 2.44 bits per heavy atom. The zero-order valence-corrected chi connectivity index (χ0v) is 10.1. The molecule has 1 N–H and O–H groups in total. The molecule has 1 heterocycles. The molecule has 96 valence electrons. The Bertz CT molecular complexity index is 645. The minimum atomic E-state index is -4.72. The van der Waals surface area contributed by atoms with E-state index in [2.05, 4.69) is 5.10 Å². The number of alkyl halides is 3. The lowest BCUT2D eigenvalue weighted by Crippen LogP contribution is -2.22. The highest BCUT2D eigenvalue weighted by Crippen LogP contribution is 2.28. The molecule has 1 aromatic carbocycles. The molecule has 0 aliphatic heterocycles. The largest absolute Gasteiger partial charge is 0.423 e. The number of halogens is 5. The van der Waals surface area contributed by atoms with Crippen molar-refractivity contribution in [1.29, 1.82) is 0 Å². The summed E-state index contributed by atoms with van der Waals surface area (Å²) < 4.78 is 38.1. The summed E-state index contributed by atoms with van der Waals surface area (Å²) in [5.74, 6) is 0. The third-order valence-electron chi connectivity index (χ3n) is 2.23. The van der Waals surface area contributed by atoms with Crippen LogP contribution < -0.4 is 5.56 Å². The normalized spacial score (nSPS) is 11.8. The minimum Gasteiger partial charge on any atom is -0.298 e. The van der Waals surface area contributed by atoms with Crippen LogP contribution in [0, 0.1) is 0 Å². The minimum absolute atomic E-state index is 0.0599. The molecule has 0 radical (unpaired) electrons. The van der Waals surface area contributed by atoms with E-state index in [1.54, 1.807) is 0 Å². The van der Waals surface area contributed by atoms with Crippen LogP contribution in [0.25, 0.3) is 5.69 Å². The predicted molar refractivity (Wildman–Crippen MR) is 61.4 cm³/mol. The maximum absolute atomic E-state index is 12.5. The zero-order chi connectivity index (χ0) is 13.5. The standard InChI is InChI=1S/C10H5Cl2F3N2O/c11-5-1-2-7(12)8(3-5)17-9(18)6(4-16-17)10(13,14)15/h1-4,16H. The van der Waals surface area contributed by atoms with Gasteiger partial charge in [-0.25, -0.2) is 4.68 Å². The lowest BCUT2D eigenvalue weighted by Gasteiger charge is -2.05. The number of aromatic nitrogens is 2. The van der Waals surface area contributed by atoms with Crippen molar-refractivity contribution in [3.05, 3.63) is 50.4 Å². The lowest BCUT2D eigenvalue weighted by atomic mass is 10.3. The summed E-state index contributed by atoms with van der Waals surface area (Å²) in [6.07, 6.45) is -4.14. The summed E-state index contributed by atoms with van der Waals surface area (Å²) in [4.78, 5) is 11.6. The van der Waals surface area contributed by atoms with Crippen LogP contribution >= 0.6 is 23.2 Å². The van der Waals surface area contributed by atoms with Crippen molar-refractivity contribution < 1.29 is 13.2 Å². The van der Waals surface area contributed by atoms with Crippen molar-refractivity contribution in [2.75, 3.05) is 0 Å². The molecule has 0 spiro atoms. The van der Waals surface area contributed by atoms with Crippen LogP contribution in [0.3, 0.4) is 0 Å². The maximum Gasteiger partial charge on any atom is 0.423 e. The molecule has 0 atom stereocenters. The van der Waals surface area contributed by atoms with Crippen molar-refractivity contribution in [2.24, 2.45) is 0 Å². The van der Waals surface area contributed by atoms with Crippen LogP contribution in [-0.4, -0.2) is 9.78 Å². The average Bonchev–Trinajstić information content (AvgIpc) is 2.63. The number of aromatic amines is 1. The first-order valence-electron chi connectivity index (χ1n) is 4.64. The van der Waals surface area contributed by atoms with Crippen LogP contribution in [-0.2, 0) is 6.18 Å². The van der Waals surface area contributed by atoms with Crippen LogP contribution in [0.2, 0.25) is 10.0 Å². The molecule has 0 bridgehead atoms. The maximum atomic E-state index is 12.5. The van der Waals surface area contributed by atoms with Gasteiger partial charge >= 0.3 is 6.18 Å². The van der Waals surface area contributed by atoms with Gasteiger partial charge in [-0.2, -0.15) is 13.2 Å². The van der Waals surface area contributed by atoms with Gasteiger partial charge in [-0.15, -0.1) is 0 Å². The van der Waals surface area contributed by atoms with Crippen molar-refractivity contribution in [1.82, 2.24) is 9.78 Å². The molecule has 0 fully saturated rings. The van der Waals surface area contributed by atoms with Gasteiger partial charge in [0.1, 0.15) is 5.56 Å². The van der Waals surface area contributed by atoms with Crippen LogP contribution in [0.4, 0.5) is 13.2 Å². The second kappa shape index (κ2) is 4.37. The molecule has 2 rings (SSSR count). The zero-order valence-electron chi connectivity index (χ0n) is 8.55. The number of nitrogens with one attached hydrogen (secondary N) is 1. The van der Waals surface area contributed by atoms with E-state index < -0.39 is 17.3 Å². The SMILES string of the molecule is O=c1c(C(F)(F)F)c[nH]n1-c1cc(Cl)ccc1Cl. The number of rotatable bonds is 1. The summed E-state index contributed by atoms with van der Waals surface area (Å²) in [5, 5.41) is 2.57. The van der Waals surface area contributed by atoms with Gasteiger partial charge < -0.3 is 0 Å². The average molecular weight is 297 g/mol. The Morgan fingerprint density at radius 2 is 1.89 bits per heavy atom. The first-order chi connectivity index (χ1) is 8.30. The molecular formula is C10H5Cl2F3N2O. The van der Waals surface area contributed by atoms with Gasteiger partial charge in [0.2, 0.25) is 0 Å². The van der Waals surface area contributed by atoms with E-state index in [9.17, 15) is 18.0 Å². The van der Waals surface area contributed by atoms with Crippen molar-refractivity contribution in [2.45, 2.75) is 6.18 Å². The monoisotopic (exact) mass is 296 g/mol. The van der Waals surface area contributed by atoms with Crippen molar-refractivity contribution in [3.8, 4) is 5.69 Å². The van der Waals surface area contributed by atoms with Gasteiger partial charge in [0.15, 0.2) is 0 Å². The Hall–Kier alpha value is -1.40. The molecule has 0 aliphatic carbocycles. The molecule has 18 heavy (non-hydrogen) atoms. The second-order valence-corrected chi connectivity index (χ2v) is 4.26. The molecule has 3 nitrogen and oxygen atoms in total. The summed E-state index contributed by atoms with van der Waals surface area (Å²) >= 11 is 11.5. The molecule has 0 saturated heterocycles. The number of H-pyrrole nitrogens is 1. The van der Waals surface area contributed by atoms with E-state index in [4.69, 9.17) is 23.2 Å². The second-order valence-electron chi connectivity index (χ2n) is 3.42. The third kappa shape index (κ3) is 2.26. The fourth-order valence-corrected chi connectivity index (χ4v) is 1.78. The quantitative estimate of drug-likeness (QED) is 0.859. The van der Waals surface area contributed by atoms with Gasteiger partial charge in [-0.05, 0) is 18.2 Å². The van der Waals surface area contributed by atoms with E-state index in [1.807, 2.05) is 0 Å². The third-order valence-corrected chi connectivity index (χ3v) is 2.78. The number of hydrogen-bond acceptors (Lipinski definition) is 1. The molecule has 8 heteroatoms. The smallest absolute Gasteiger partial charge is 0.298 e. The molecule has 1 aromatic heterocycles. The number of hydrogen-bond donors (Lipinski definition) is 1. The molecule has 0 unspecified atom stereocenters. The molecule has 2 aromatic rings. The summed E-state index contributed by atoms with van der Waals surface area (Å²) in [6, 6.07) is 4.15. The molecule has 0 aliphatic rings. The predicted octanol–water partition coefficient (Wildman–Crippen LogP) is 3.49. The van der Waals surface area contributed by atoms with Crippen LogP contribution in [0.15, 0.2) is 29.2 Å². The summed E-state index contributed by atoms with van der Waals surface area (Å²) in [6.45, 7) is 0. The van der Waals surface area contributed by atoms with E-state index in [0.29, 0.717) is 10.9 Å². The molecule has 0 saturated carbocycles. The Morgan fingerprint density at radius 1 is 1.22 bits per heavy atom. The Balaban J connectivity index is 2.63. The Labute approximate surface area is 109 Å². The summed E-state index contributed by atoms with van der Waals surface area (Å²) in [7, 11) is 0. The molecule has 0 amide bonds. The van der Waals surface area contributed by atoms with Gasteiger partial charge in [-0.3, -0.25) is 9.89 Å². The van der Waals surface area contributed by atoms with Crippen LogP contribution in [0.1, 0.15) is 5.56 Å². The van der Waals surface area contributed by atoms with Gasteiger partial charge in [0.25, 0.3) is 5.56 Å². The van der Waals surface area contributed by atoms with Crippen molar-refractivity contribution >= 4 is 23.2 Å². The highest BCUT2D eigenvalue weighted by Gasteiger charge is 2.36. The fraction of sp³-hybridized carbons (Fsp3) is 0.100. The van der Waals surface area contributed by atoms with Gasteiger partial charge in [0.05, 0.1) is 10.7 Å². The van der Waals surface area contributed by atoms with Gasteiger partial charge in [-0.1, -0.05) is 23.2 Å². The van der Waals surface area contributed by atoms with E-state index in [0.717, 1.165) is 0 Å². The number of benzene rings is 1. The fourth-order valence-electron chi connectivity index (χ4n) is 1.41. The van der Waals surface area contributed by atoms with Crippen molar-refractivity contribution in [3.63, 3.8) is 0 Å². The first-order valence-corrected chi connectivity index (χ1v) is 5.39. The summed E-state index contributed by atoms with van der Waals surface area (Å²) in [5.41, 5.74) is -2.46. The first kappa shape index (κ1) is 13.0.